The van der Waals surface area contributed by atoms with Crippen molar-refractivity contribution < 1.29 is 33.5 Å². The van der Waals surface area contributed by atoms with Crippen molar-refractivity contribution in [2.75, 3.05) is 11.1 Å². The molecule has 15 heteroatoms. The van der Waals surface area contributed by atoms with Gasteiger partial charge in [0.05, 0.1) is 5.92 Å². The normalized spacial score (nSPS) is 17.0. The molecule has 2 fully saturated rings. The first-order valence-corrected chi connectivity index (χ1v) is 28.5. The van der Waals surface area contributed by atoms with E-state index in [0.29, 0.717) is 23.5 Å². The lowest BCUT2D eigenvalue weighted by molar-refractivity contribution is -0.187. The molecule has 6 aromatic carbocycles. The molecule has 3 atom stereocenters. The average Bonchev–Trinajstić information content (AvgIpc) is 4.29. The average molecular weight is 1100 g/mol. The number of rotatable bonds is 19. The third-order valence-electron chi connectivity index (χ3n) is 14.6. The lowest BCUT2D eigenvalue weighted by Crippen LogP contribution is -2.71. The number of allylic oxidation sites excluding steroid dienone is 1. The van der Waals surface area contributed by atoms with Gasteiger partial charge in [-0.1, -0.05) is 218 Å². The topological polar surface area (TPSA) is 161 Å². The number of amides is 2. The minimum Gasteiger partial charge on any atom is -0.425 e. The van der Waals surface area contributed by atoms with Gasteiger partial charge in [-0.05, 0) is 46.7 Å². The molecule has 8 aromatic rings. The predicted molar refractivity (Wildman–Crippen MR) is 311 cm³/mol. The Kier molecular flexibility index (Phi) is 15.9. The van der Waals surface area contributed by atoms with E-state index in [1.54, 1.807) is 36.0 Å². The minimum absolute atomic E-state index is 0.0160. The van der Waals surface area contributed by atoms with Crippen molar-refractivity contribution in [2.45, 2.75) is 61.5 Å². The van der Waals surface area contributed by atoms with E-state index < -0.39 is 52.6 Å². The largest absolute Gasteiger partial charge is 0.425 e. The zero-order valence-corrected chi connectivity index (χ0v) is 45.3. The maximum atomic E-state index is 15.4. The highest BCUT2D eigenvalue weighted by Gasteiger charge is 2.55. The first kappa shape index (κ1) is 53.1. The number of ether oxygens (including phenoxy) is 2. The summed E-state index contributed by atoms with van der Waals surface area (Å²) in [5.74, 6) is -2.56. The fraction of sp³-hybridized carbons (Fsp3) is 0.185. The van der Waals surface area contributed by atoms with Crippen molar-refractivity contribution in [1.82, 2.24) is 20.2 Å². The van der Waals surface area contributed by atoms with Crippen LogP contribution in [0.2, 0.25) is 0 Å². The molecule has 1 saturated carbocycles. The summed E-state index contributed by atoms with van der Waals surface area (Å²) in [7, 11) is 0. The Labute approximate surface area is 472 Å². The number of thiazole rings is 1. The number of nitrogens with zero attached hydrogens (tertiary/aromatic N) is 4. The highest BCUT2D eigenvalue weighted by atomic mass is 32.2. The first-order valence-electron chi connectivity index (χ1n) is 26.5. The van der Waals surface area contributed by atoms with E-state index in [9.17, 15) is 14.4 Å². The van der Waals surface area contributed by atoms with Crippen molar-refractivity contribution in [3.63, 3.8) is 0 Å². The van der Waals surface area contributed by atoms with E-state index in [-0.39, 0.29) is 28.8 Å². The Hall–Kier alpha value is -8.92. The number of carbonyl (C=O) groups excluding carboxylic acids is 4. The lowest BCUT2D eigenvalue weighted by Gasteiger charge is -2.49. The molecule has 2 aromatic heterocycles. The molecule has 4 heterocycles. The number of pyridine rings is 1. The number of esters is 2. The number of benzene rings is 6. The van der Waals surface area contributed by atoms with Crippen molar-refractivity contribution >= 4 is 63.8 Å². The zero-order chi connectivity index (χ0) is 54.9. The van der Waals surface area contributed by atoms with Crippen molar-refractivity contribution in [3.8, 4) is 0 Å². The number of hydrogen-bond acceptors (Lipinski definition) is 13. The van der Waals surface area contributed by atoms with Crippen molar-refractivity contribution in [2.24, 2.45) is 11.1 Å². The molecule has 400 valence electrons. The van der Waals surface area contributed by atoms with Crippen molar-refractivity contribution in [3.05, 3.63) is 274 Å². The van der Waals surface area contributed by atoms with E-state index >= 15 is 4.79 Å². The van der Waals surface area contributed by atoms with E-state index in [4.69, 9.17) is 24.5 Å². The second-order valence-electron chi connectivity index (χ2n) is 19.6. The van der Waals surface area contributed by atoms with Crippen molar-refractivity contribution in [1.29, 1.82) is 0 Å². The second kappa shape index (κ2) is 24.0. The summed E-state index contributed by atoms with van der Waals surface area (Å²) in [5, 5.41) is 13.2. The standard InChI is InChI=1S/C65H56N6O7S2/c1-44(76-61(74)46-24-20-21-25-46)77-62(75)57-47(39-38-45-23-22-40-66-41-45)42-79-60-56(59(73)71(57)60)68-58(72)55(70-78-65(51-32-14-5-15-33-51,52-34-16-6-17-35-52)53-36-18-7-19-37-53)54-43-80-63(67-54)69-64(48-26-8-2-9-27-48,49-28-10-3-11-29-49)50-30-12-4-13-31-50/h2-19,22-23,26-41,43-44,46,56,60H,20-21,24-25,42H2,1H3,(H,67,69)(H,68,72)/b39-38-,70-55?/t44?,56-,60-/m1/s1. The van der Waals surface area contributed by atoms with Crippen LogP contribution >= 0.6 is 23.1 Å². The van der Waals surface area contributed by atoms with Gasteiger partial charge in [0.2, 0.25) is 11.9 Å². The SMILES string of the molecule is CC(OC(=O)C1=C(/C=C\c2cccnc2)CS[C@@H]2[C@H](NC(=O)C(=NOC(c3ccccc3)(c3ccccc3)c3ccccc3)c3csc(NC(c4ccccc4)(c4ccccc4)c4ccccc4)n3)C(=O)N12)OC(=O)C1CCCC1. The highest BCUT2D eigenvalue weighted by molar-refractivity contribution is 8.00. The zero-order valence-electron chi connectivity index (χ0n) is 43.7. The molecular formula is C65H56N6O7S2. The lowest BCUT2D eigenvalue weighted by atomic mass is 9.77. The minimum atomic E-state index is -1.39. The number of anilines is 1. The number of oxime groups is 1. The predicted octanol–water partition coefficient (Wildman–Crippen LogP) is 11.6. The highest BCUT2D eigenvalue weighted by Crippen LogP contribution is 2.44. The molecule has 2 amide bonds. The van der Waals surface area contributed by atoms with Gasteiger partial charge in [0.1, 0.15) is 28.3 Å². The first-order chi connectivity index (χ1) is 39.2. The molecule has 1 saturated heterocycles. The summed E-state index contributed by atoms with van der Waals surface area (Å²) in [4.78, 5) is 75.2. The molecule has 1 unspecified atom stereocenters. The molecule has 80 heavy (non-hydrogen) atoms. The molecule has 0 radical (unpaired) electrons. The molecular weight excluding hydrogens is 1040 g/mol. The maximum absolute atomic E-state index is 15.4. The Bertz CT molecular complexity index is 3350. The number of nitrogens with one attached hydrogen (secondary N) is 2. The summed E-state index contributed by atoms with van der Waals surface area (Å²) < 4.78 is 11.4. The van der Waals surface area contributed by atoms with Gasteiger partial charge in [0.25, 0.3) is 11.8 Å². The van der Waals surface area contributed by atoms with Crippen LogP contribution in [-0.4, -0.2) is 67.8 Å². The van der Waals surface area contributed by atoms with Gasteiger partial charge >= 0.3 is 11.9 Å². The third kappa shape index (κ3) is 10.8. The number of thioether (sulfide) groups is 1. The molecule has 0 bridgehead atoms. The van der Waals surface area contributed by atoms with Gasteiger partial charge in [0.15, 0.2) is 10.8 Å². The summed E-state index contributed by atoms with van der Waals surface area (Å²) in [6.45, 7) is 1.49. The van der Waals surface area contributed by atoms with Crippen LogP contribution in [0.25, 0.3) is 6.08 Å². The maximum Gasteiger partial charge on any atom is 0.358 e. The van der Waals surface area contributed by atoms with Gasteiger partial charge in [-0.25, -0.2) is 9.78 Å². The van der Waals surface area contributed by atoms with Crippen LogP contribution in [0.4, 0.5) is 5.13 Å². The molecule has 1 aliphatic carbocycles. The molecule has 2 N–H and O–H groups in total. The molecule has 0 spiro atoms. The smallest absolute Gasteiger partial charge is 0.358 e. The van der Waals surface area contributed by atoms with Gasteiger partial charge in [-0.15, -0.1) is 23.1 Å². The molecule has 11 rings (SSSR count). The van der Waals surface area contributed by atoms with Gasteiger partial charge < -0.3 is 24.9 Å². The molecule has 2 aliphatic heterocycles. The van der Waals surface area contributed by atoms with Crippen LogP contribution in [0, 0.1) is 5.92 Å². The fourth-order valence-electron chi connectivity index (χ4n) is 10.7. The van der Waals surface area contributed by atoms with Crippen LogP contribution < -0.4 is 10.6 Å². The van der Waals surface area contributed by atoms with E-state index in [0.717, 1.165) is 51.8 Å². The number of carbonyl (C=O) groups is 4. The van der Waals surface area contributed by atoms with E-state index in [1.807, 2.05) is 152 Å². The van der Waals surface area contributed by atoms with E-state index in [1.165, 1.54) is 34.9 Å². The summed E-state index contributed by atoms with van der Waals surface area (Å²) in [6.07, 6.45) is 8.95. The Balaban J connectivity index is 0.973. The van der Waals surface area contributed by atoms with Gasteiger partial charge in [0, 0.05) is 47.1 Å². The fourth-order valence-corrected chi connectivity index (χ4v) is 12.7. The number of fused-ring (bicyclic) bond motifs is 1. The summed E-state index contributed by atoms with van der Waals surface area (Å²) in [5.41, 5.74) is 3.97. The van der Waals surface area contributed by atoms with Gasteiger partial charge in [-0.3, -0.25) is 24.3 Å². The Morgan fingerprint density at radius 3 is 1.73 bits per heavy atom. The molecule has 3 aliphatic rings. The summed E-state index contributed by atoms with van der Waals surface area (Å²) in [6, 6.07) is 61.9. The van der Waals surface area contributed by atoms with Crippen LogP contribution in [0.15, 0.2) is 234 Å². The van der Waals surface area contributed by atoms with Crippen LogP contribution in [0.5, 0.6) is 0 Å². The van der Waals surface area contributed by atoms with Crippen LogP contribution in [0.3, 0.4) is 0 Å². The number of β-lactam (4-membered cyclic amide) rings is 1. The molecule has 13 nitrogen and oxygen atoms in total. The Morgan fingerprint density at radius 1 is 0.688 bits per heavy atom. The number of hydrogen-bond donors (Lipinski definition) is 2. The van der Waals surface area contributed by atoms with E-state index in [2.05, 4.69) is 52.0 Å². The number of aromatic nitrogens is 2. The third-order valence-corrected chi connectivity index (χ3v) is 16.6. The quantitative estimate of drug-likeness (QED) is 0.0198. The second-order valence-corrected chi connectivity index (χ2v) is 21.5. The van der Waals surface area contributed by atoms with Crippen LogP contribution in [-0.2, 0) is 44.6 Å². The monoisotopic (exact) mass is 1100 g/mol. The van der Waals surface area contributed by atoms with Crippen LogP contribution in [0.1, 0.15) is 77.2 Å². The Morgan fingerprint density at radius 2 is 1.21 bits per heavy atom. The summed E-state index contributed by atoms with van der Waals surface area (Å²) >= 11 is 2.67. The van der Waals surface area contributed by atoms with Gasteiger partial charge in [-0.2, -0.15) is 0 Å².